The van der Waals surface area contributed by atoms with Gasteiger partial charge in [0.05, 0.1) is 18.3 Å². The molecule has 1 amide bonds. The van der Waals surface area contributed by atoms with Crippen molar-refractivity contribution >= 4 is 16.8 Å². The van der Waals surface area contributed by atoms with Crippen LogP contribution in [0.4, 0.5) is 0 Å². The first kappa shape index (κ1) is 23.9. The van der Waals surface area contributed by atoms with E-state index in [4.69, 9.17) is 4.74 Å². The number of hydrogen-bond donors (Lipinski definition) is 1. The van der Waals surface area contributed by atoms with Crippen molar-refractivity contribution in [2.24, 2.45) is 11.8 Å². The van der Waals surface area contributed by atoms with E-state index in [9.17, 15) is 4.79 Å². The minimum Gasteiger partial charge on any atom is -0.479 e. The van der Waals surface area contributed by atoms with Crippen LogP contribution in [0, 0.1) is 11.8 Å². The van der Waals surface area contributed by atoms with Gasteiger partial charge < -0.3 is 10.1 Å². The molecule has 1 fully saturated rings. The summed E-state index contributed by atoms with van der Waals surface area (Å²) in [6.45, 7) is 3.00. The number of nitrogens with zero attached hydrogens (tertiary/aromatic N) is 4. The summed E-state index contributed by atoms with van der Waals surface area (Å²) in [5, 5.41) is 4.19. The SMILES string of the molecule is COc1nccnc1-c1ccc(Cc2cc(C(=O)NCC3CCCC[C@@H]3C)nc3ccccc23)cn1. The molecule has 0 saturated heterocycles. The lowest BCUT2D eigenvalue weighted by Gasteiger charge is -2.28. The van der Waals surface area contributed by atoms with Crippen molar-refractivity contribution in [1.82, 2.24) is 25.3 Å². The smallest absolute Gasteiger partial charge is 0.269 e. The average Bonchev–Trinajstić information content (AvgIpc) is 2.93. The van der Waals surface area contributed by atoms with Crippen molar-refractivity contribution < 1.29 is 9.53 Å². The number of pyridine rings is 2. The Kier molecular flexibility index (Phi) is 7.16. The number of fused-ring (bicyclic) bond motifs is 1. The van der Waals surface area contributed by atoms with E-state index in [0.717, 1.165) is 22.0 Å². The number of amides is 1. The largest absolute Gasteiger partial charge is 0.479 e. The normalized spacial score (nSPS) is 17.6. The summed E-state index contributed by atoms with van der Waals surface area (Å²) < 4.78 is 5.32. The third kappa shape index (κ3) is 5.20. The predicted octanol–water partition coefficient (Wildman–Crippen LogP) is 5.24. The van der Waals surface area contributed by atoms with Gasteiger partial charge in [0.1, 0.15) is 5.69 Å². The van der Waals surface area contributed by atoms with E-state index in [2.05, 4.69) is 38.2 Å². The second-order valence-corrected chi connectivity index (χ2v) is 9.56. The number of aromatic nitrogens is 4. The minimum absolute atomic E-state index is 0.108. The molecule has 7 heteroatoms. The maximum Gasteiger partial charge on any atom is 0.269 e. The second-order valence-electron chi connectivity index (χ2n) is 9.56. The fourth-order valence-corrected chi connectivity index (χ4v) is 5.06. The van der Waals surface area contributed by atoms with Crippen LogP contribution >= 0.6 is 0 Å². The molecule has 1 saturated carbocycles. The number of nitrogens with one attached hydrogen (secondary N) is 1. The van der Waals surface area contributed by atoms with Gasteiger partial charge in [-0.2, -0.15) is 0 Å². The molecule has 5 rings (SSSR count). The fraction of sp³-hybridized carbons (Fsp3) is 0.345. The van der Waals surface area contributed by atoms with E-state index < -0.39 is 0 Å². The van der Waals surface area contributed by atoms with Crippen LogP contribution in [0.15, 0.2) is 61.1 Å². The number of hydrogen-bond acceptors (Lipinski definition) is 6. The molecule has 0 spiro atoms. The zero-order valence-electron chi connectivity index (χ0n) is 20.8. The number of methoxy groups -OCH3 is 1. The van der Waals surface area contributed by atoms with Gasteiger partial charge in [-0.15, -0.1) is 0 Å². The summed E-state index contributed by atoms with van der Waals surface area (Å²) in [4.78, 5) is 30.9. The minimum atomic E-state index is -0.108. The van der Waals surface area contributed by atoms with E-state index in [1.807, 2.05) is 42.6 Å². The van der Waals surface area contributed by atoms with Gasteiger partial charge in [0, 0.05) is 30.5 Å². The molecule has 3 aromatic heterocycles. The highest BCUT2D eigenvalue weighted by Crippen LogP contribution is 2.29. The number of benzene rings is 1. The van der Waals surface area contributed by atoms with Gasteiger partial charge >= 0.3 is 0 Å². The molecule has 184 valence electrons. The van der Waals surface area contributed by atoms with Crippen LogP contribution in [0.25, 0.3) is 22.3 Å². The van der Waals surface area contributed by atoms with Crippen LogP contribution in [-0.2, 0) is 6.42 Å². The molecule has 2 atom stereocenters. The number of rotatable bonds is 7. The van der Waals surface area contributed by atoms with Crippen LogP contribution in [0.2, 0.25) is 0 Å². The van der Waals surface area contributed by atoms with Crippen molar-refractivity contribution in [3.8, 4) is 17.3 Å². The Labute approximate surface area is 211 Å². The van der Waals surface area contributed by atoms with Crippen LogP contribution < -0.4 is 10.1 Å². The third-order valence-electron chi connectivity index (χ3n) is 7.17. The van der Waals surface area contributed by atoms with Gasteiger partial charge in [0.2, 0.25) is 5.88 Å². The molecule has 1 N–H and O–H groups in total. The van der Waals surface area contributed by atoms with Crippen LogP contribution in [0.3, 0.4) is 0 Å². The molecule has 1 unspecified atom stereocenters. The molecule has 3 heterocycles. The molecule has 36 heavy (non-hydrogen) atoms. The number of para-hydroxylation sites is 1. The summed E-state index contributed by atoms with van der Waals surface area (Å²) in [7, 11) is 1.57. The van der Waals surface area contributed by atoms with E-state index in [0.29, 0.717) is 47.8 Å². The Hall–Kier alpha value is -3.87. The first-order valence-electron chi connectivity index (χ1n) is 12.6. The summed E-state index contributed by atoms with van der Waals surface area (Å²) in [6, 6.07) is 13.8. The average molecular weight is 482 g/mol. The molecule has 4 aromatic rings. The summed E-state index contributed by atoms with van der Waals surface area (Å²) in [6.07, 6.45) is 10.7. The van der Waals surface area contributed by atoms with E-state index in [1.165, 1.54) is 25.7 Å². The zero-order valence-corrected chi connectivity index (χ0v) is 20.8. The Morgan fingerprint density at radius 1 is 1.06 bits per heavy atom. The molecular formula is C29H31N5O2. The summed E-state index contributed by atoms with van der Waals surface area (Å²) in [5.74, 6) is 1.52. The lowest BCUT2D eigenvalue weighted by Crippen LogP contribution is -2.33. The van der Waals surface area contributed by atoms with Crippen LogP contribution in [0.1, 0.15) is 54.2 Å². The van der Waals surface area contributed by atoms with E-state index >= 15 is 0 Å². The lowest BCUT2D eigenvalue weighted by atomic mass is 9.80. The maximum absolute atomic E-state index is 13.1. The molecule has 0 radical (unpaired) electrons. The number of ether oxygens (including phenoxy) is 1. The van der Waals surface area contributed by atoms with Gasteiger partial charge in [-0.05, 0) is 54.0 Å². The molecule has 0 aliphatic heterocycles. The Bertz CT molecular complexity index is 1360. The third-order valence-corrected chi connectivity index (χ3v) is 7.17. The molecular weight excluding hydrogens is 450 g/mol. The Balaban J connectivity index is 1.37. The highest BCUT2D eigenvalue weighted by atomic mass is 16.5. The van der Waals surface area contributed by atoms with Crippen molar-refractivity contribution in [3.63, 3.8) is 0 Å². The van der Waals surface area contributed by atoms with Gasteiger partial charge in [-0.25, -0.2) is 15.0 Å². The molecule has 0 bridgehead atoms. The molecule has 7 nitrogen and oxygen atoms in total. The maximum atomic E-state index is 13.1. The zero-order chi connectivity index (χ0) is 24.9. The molecule has 1 aliphatic carbocycles. The predicted molar refractivity (Wildman–Crippen MR) is 140 cm³/mol. The van der Waals surface area contributed by atoms with Gasteiger partial charge in [0.25, 0.3) is 5.91 Å². The van der Waals surface area contributed by atoms with E-state index in [-0.39, 0.29) is 5.91 Å². The van der Waals surface area contributed by atoms with Crippen molar-refractivity contribution in [3.05, 3.63) is 77.9 Å². The van der Waals surface area contributed by atoms with Crippen LogP contribution in [0.5, 0.6) is 5.88 Å². The monoisotopic (exact) mass is 481 g/mol. The highest BCUT2D eigenvalue weighted by Gasteiger charge is 2.22. The second kappa shape index (κ2) is 10.8. The quantitative estimate of drug-likeness (QED) is 0.388. The molecule has 1 aromatic carbocycles. The van der Waals surface area contributed by atoms with Crippen molar-refractivity contribution in [2.75, 3.05) is 13.7 Å². The van der Waals surface area contributed by atoms with Gasteiger partial charge in [-0.1, -0.05) is 50.5 Å². The Morgan fingerprint density at radius 3 is 2.69 bits per heavy atom. The molecule has 1 aliphatic rings. The summed E-state index contributed by atoms with van der Waals surface area (Å²) in [5.41, 5.74) is 4.65. The fourth-order valence-electron chi connectivity index (χ4n) is 5.06. The topological polar surface area (TPSA) is 89.9 Å². The lowest BCUT2D eigenvalue weighted by molar-refractivity contribution is 0.0931. The van der Waals surface area contributed by atoms with E-state index in [1.54, 1.807) is 19.5 Å². The number of carbonyl (C=O) groups excluding carboxylic acids is 1. The Morgan fingerprint density at radius 2 is 1.89 bits per heavy atom. The first-order chi connectivity index (χ1) is 17.6. The van der Waals surface area contributed by atoms with Crippen molar-refractivity contribution in [1.29, 1.82) is 0 Å². The van der Waals surface area contributed by atoms with Crippen molar-refractivity contribution in [2.45, 2.75) is 39.0 Å². The standard InChI is InChI=1S/C29H31N5O2/c1-19-7-3-4-8-21(19)18-33-28(35)26-16-22(23-9-5-6-10-24(23)34-26)15-20-11-12-25(32-17-20)27-29(36-2)31-14-13-30-27/h5-6,9-14,16-17,19,21H,3-4,7-8,15,18H2,1-2H3,(H,33,35)/t19-,21?/m0/s1. The highest BCUT2D eigenvalue weighted by molar-refractivity contribution is 5.96. The number of carbonyl (C=O) groups is 1. The van der Waals surface area contributed by atoms with Gasteiger partial charge in [-0.3, -0.25) is 9.78 Å². The summed E-state index contributed by atoms with van der Waals surface area (Å²) >= 11 is 0. The van der Waals surface area contributed by atoms with Gasteiger partial charge in [0.15, 0.2) is 5.69 Å². The first-order valence-corrected chi connectivity index (χ1v) is 12.6. The van der Waals surface area contributed by atoms with Crippen LogP contribution in [-0.4, -0.2) is 39.5 Å².